The highest BCUT2D eigenvalue weighted by Gasteiger charge is 2.05. The fourth-order valence-electron chi connectivity index (χ4n) is 0.963. The van der Waals surface area contributed by atoms with Crippen LogP contribution < -0.4 is 15.6 Å². The van der Waals surface area contributed by atoms with Crippen molar-refractivity contribution in [2.45, 2.75) is 19.9 Å². The van der Waals surface area contributed by atoms with Crippen LogP contribution in [0.1, 0.15) is 13.8 Å². The molecule has 0 atom stereocenters. The lowest BCUT2D eigenvalue weighted by molar-refractivity contribution is 0.294. The molecule has 1 heterocycles. The quantitative estimate of drug-likeness (QED) is 0.620. The zero-order valence-electron chi connectivity index (χ0n) is 8.71. The highest BCUT2D eigenvalue weighted by molar-refractivity contribution is 14.1. The minimum atomic E-state index is -0.169. The molecular weight excluding hydrogens is 309 g/mol. The highest BCUT2D eigenvalue weighted by atomic mass is 127. The van der Waals surface area contributed by atoms with E-state index >= 15 is 0 Å². The summed E-state index contributed by atoms with van der Waals surface area (Å²) in [5.74, 6) is 0.393. The smallest absolute Gasteiger partial charge is 0.268 e. The van der Waals surface area contributed by atoms with Gasteiger partial charge in [0.05, 0.1) is 6.33 Å². The second kappa shape index (κ2) is 6.06. The van der Waals surface area contributed by atoms with Gasteiger partial charge in [-0.2, -0.15) is 0 Å². The number of ether oxygens (including phenoxy) is 1. The third-order valence-electron chi connectivity index (χ3n) is 1.66. The first-order chi connectivity index (χ1) is 7.11. The number of nitrogens with one attached hydrogen (secondary N) is 2. The number of halogens is 1. The molecule has 0 amide bonds. The Morgan fingerprint density at radius 1 is 1.67 bits per heavy atom. The number of rotatable bonds is 5. The number of aromatic nitrogens is 2. The fraction of sp³-hybridized carbons (Fsp3) is 0.556. The Morgan fingerprint density at radius 2 is 2.40 bits per heavy atom. The Balaban J connectivity index is 2.44. The minimum absolute atomic E-state index is 0.169. The molecule has 0 aliphatic heterocycles. The summed E-state index contributed by atoms with van der Waals surface area (Å²) in [7, 11) is 0. The average Bonchev–Trinajstić information content (AvgIpc) is 2.18. The summed E-state index contributed by atoms with van der Waals surface area (Å²) in [6, 6.07) is 0.430. The molecule has 0 fully saturated rings. The number of hydrogen-bond donors (Lipinski definition) is 2. The number of nitrogens with zero attached hydrogens (tertiary/aromatic N) is 1. The van der Waals surface area contributed by atoms with Gasteiger partial charge >= 0.3 is 0 Å². The van der Waals surface area contributed by atoms with Gasteiger partial charge in [-0.15, -0.1) is 0 Å². The maximum Gasteiger partial charge on any atom is 0.268 e. The van der Waals surface area contributed by atoms with Gasteiger partial charge in [0.2, 0.25) is 5.88 Å². The first-order valence-electron chi connectivity index (χ1n) is 4.70. The van der Waals surface area contributed by atoms with Gasteiger partial charge in [-0.05, 0) is 22.6 Å². The van der Waals surface area contributed by atoms with E-state index in [1.807, 2.05) is 22.6 Å². The van der Waals surface area contributed by atoms with E-state index in [1.54, 1.807) is 0 Å². The summed E-state index contributed by atoms with van der Waals surface area (Å²) in [5, 5.41) is 3.21. The van der Waals surface area contributed by atoms with Crippen LogP contribution in [-0.2, 0) is 0 Å². The summed E-state index contributed by atoms with van der Waals surface area (Å²) >= 11 is 1.92. The normalized spacial score (nSPS) is 10.7. The largest absolute Gasteiger partial charge is 0.475 e. The van der Waals surface area contributed by atoms with E-state index in [1.165, 1.54) is 6.33 Å². The van der Waals surface area contributed by atoms with Crippen molar-refractivity contribution in [2.75, 3.05) is 13.2 Å². The third kappa shape index (κ3) is 4.17. The van der Waals surface area contributed by atoms with Crippen LogP contribution in [0.2, 0.25) is 0 Å². The van der Waals surface area contributed by atoms with E-state index in [4.69, 9.17) is 4.74 Å². The lowest BCUT2D eigenvalue weighted by Crippen LogP contribution is -2.28. The van der Waals surface area contributed by atoms with E-state index in [2.05, 4.69) is 29.1 Å². The van der Waals surface area contributed by atoms with Crippen LogP contribution in [0.5, 0.6) is 5.88 Å². The van der Waals surface area contributed by atoms with Gasteiger partial charge in [0, 0.05) is 12.6 Å². The van der Waals surface area contributed by atoms with Crippen molar-refractivity contribution in [3.8, 4) is 5.88 Å². The number of aromatic amines is 1. The molecule has 0 radical (unpaired) electrons. The van der Waals surface area contributed by atoms with Gasteiger partial charge in [-0.3, -0.25) is 4.79 Å². The van der Waals surface area contributed by atoms with Crippen molar-refractivity contribution in [1.82, 2.24) is 15.3 Å². The molecule has 1 aromatic rings. The summed E-state index contributed by atoms with van der Waals surface area (Å²) in [4.78, 5) is 17.6. The van der Waals surface area contributed by atoms with Gasteiger partial charge in [-0.1, -0.05) is 13.8 Å². The van der Waals surface area contributed by atoms with E-state index < -0.39 is 0 Å². The summed E-state index contributed by atoms with van der Waals surface area (Å²) in [6.07, 6.45) is 1.34. The van der Waals surface area contributed by atoms with Gasteiger partial charge in [0.15, 0.2) is 0 Å². The van der Waals surface area contributed by atoms with Gasteiger partial charge in [0.1, 0.15) is 10.2 Å². The molecule has 0 bridgehead atoms. The molecule has 84 valence electrons. The van der Waals surface area contributed by atoms with Crippen molar-refractivity contribution in [1.29, 1.82) is 0 Å². The van der Waals surface area contributed by atoms with Crippen LogP contribution >= 0.6 is 22.6 Å². The van der Waals surface area contributed by atoms with Crippen molar-refractivity contribution >= 4 is 22.6 Å². The molecule has 1 rings (SSSR count). The zero-order chi connectivity index (χ0) is 11.3. The topological polar surface area (TPSA) is 67.0 Å². The molecule has 0 aromatic carbocycles. The van der Waals surface area contributed by atoms with Gasteiger partial charge < -0.3 is 15.0 Å². The Kier molecular flexibility index (Phi) is 5.03. The molecule has 5 nitrogen and oxygen atoms in total. The molecule has 1 aromatic heterocycles. The summed E-state index contributed by atoms with van der Waals surface area (Å²) in [5.41, 5.74) is -0.169. The molecule has 6 heteroatoms. The Morgan fingerprint density at radius 3 is 3.07 bits per heavy atom. The second-order valence-corrected chi connectivity index (χ2v) is 4.39. The van der Waals surface area contributed by atoms with Crippen LogP contribution in [0.3, 0.4) is 0 Å². The molecule has 0 saturated heterocycles. The predicted octanol–water partition coefficient (Wildman–Crippen LogP) is 0.751. The van der Waals surface area contributed by atoms with E-state index in [0.29, 0.717) is 22.1 Å². The molecule has 15 heavy (non-hydrogen) atoms. The van der Waals surface area contributed by atoms with Crippen molar-refractivity contribution in [2.24, 2.45) is 0 Å². The van der Waals surface area contributed by atoms with E-state index in [0.717, 1.165) is 6.54 Å². The second-order valence-electron chi connectivity index (χ2n) is 3.31. The summed E-state index contributed by atoms with van der Waals surface area (Å²) < 4.78 is 5.85. The van der Waals surface area contributed by atoms with Gasteiger partial charge in [0.25, 0.3) is 5.56 Å². The number of H-pyrrole nitrogens is 1. The molecule has 0 saturated carbocycles. The Labute approximate surface area is 102 Å². The molecule has 0 spiro atoms. The standard InChI is InChI=1S/C9H14IN3O2/c1-6(2)11-3-4-15-9-7(10)8(14)12-5-13-9/h5-6,11H,3-4H2,1-2H3,(H,12,13,14). The summed E-state index contributed by atoms with van der Waals surface area (Å²) in [6.45, 7) is 5.37. The molecule has 0 aliphatic carbocycles. The first kappa shape index (κ1) is 12.4. The maximum absolute atomic E-state index is 11.2. The fourth-order valence-corrected chi connectivity index (χ4v) is 1.41. The Hall–Kier alpha value is -0.630. The van der Waals surface area contributed by atoms with E-state index in [-0.39, 0.29) is 5.56 Å². The molecule has 0 aliphatic rings. The van der Waals surface area contributed by atoms with Crippen molar-refractivity contribution in [3.05, 3.63) is 20.3 Å². The van der Waals surface area contributed by atoms with Crippen LogP contribution in [0, 0.1) is 3.57 Å². The van der Waals surface area contributed by atoms with Crippen LogP contribution in [0.25, 0.3) is 0 Å². The first-order valence-corrected chi connectivity index (χ1v) is 5.78. The SMILES string of the molecule is CC(C)NCCOc1nc[nH]c(=O)c1I. The van der Waals surface area contributed by atoms with Crippen molar-refractivity contribution in [3.63, 3.8) is 0 Å². The lowest BCUT2D eigenvalue weighted by atomic mass is 10.4. The van der Waals surface area contributed by atoms with E-state index in [9.17, 15) is 4.79 Å². The number of hydrogen-bond acceptors (Lipinski definition) is 4. The zero-order valence-corrected chi connectivity index (χ0v) is 10.9. The third-order valence-corrected chi connectivity index (χ3v) is 2.61. The Bertz CT molecular complexity index is 365. The van der Waals surface area contributed by atoms with Crippen LogP contribution in [-0.4, -0.2) is 29.2 Å². The monoisotopic (exact) mass is 323 g/mol. The molecular formula is C9H14IN3O2. The molecule has 2 N–H and O–H groups in total. The van der Waals surface area contributed by atoms with Crippen LogP contribution in [0.4, 0.5) is 0 Å². The van der Waals surface area contributed by atoms with Crippen LogP contribution in [0.15, 0.2) is 11.1 Å². The highest BCUT2D eigenvalue weighted by Crippen LogP contribution is 2.10. The maximum atomic E-state index is 11.2. The predicted molar refractivity (Wildman–Crippen MR) is 66.2 cm³/mol. The molecule has 0 unspecified atom stereocenters. The minimum Gasteiger partial charge on any atom is -0.475 e. The van der Waals surface area contributed by atoms with Gasteiger partial charge in [-0.25, -0.2) is 4.98 Å². The average molecular weight is 323 g/mol. The lowest BCUT2D eigenvalue weighted by Gasteiger charge is -2.09. The van der Waals surface area contributed by atoms with Crippen molar-refractivity contribution < 1.29 is 4.74 Å².